The molecule has 6 aromatic rings. The van der Waals surface area contributed by atoms with Crippen molar-refractivity contribution >= 4 is 33.5 Å². The number of hydrogen-bond acceptors (Lipinski definition) is 11. The number of carboxylic acids is 2. The number of carboxylic acid groups (broad SMARTS) is 2. The highest BCUT2D eigenvalue weighted by atomic mass is 16.5. The lowest BCUT2D eigenvalue weighted by molar-refractivity contribution is 0.0682. The zero-order valence-corrected chi connectivity index (χ0v) is 30.9. The van der Waals surface area contributed by atoms with Crippen LogP contribution in [-0.2, 0) is 19.6 Å². The summed E-state index contributed by atoms with van der Waals surface area (Å²) < 4.78 is 11.3. The lowest BCUT2D eigenvalue weighted by atomic mass is 9.90. The summed E-state index contributed by atoms with van der Waals surface area (Å²) in [6.45, 7) is 4.73. The molecule has 5 aromatic carbocycles. The van der Waals surface area contributed by atoms with Crippen LogP contribution < -0.4 is 14.8 Å². The predicted molar refractivity (Wildman–Crippen MR) is 210 cm³/mol. The number of hydrogen-bond donors (Lipinski definition) is 8. The number of para-hydroxylation sites is 1. The van der Waals surface area contributed by atoms with Crippen LogP contribution in [0.1, 0.15) is 54.2 Å². The minimum atomic E-state index is -1.28. The molecule has 0 aliphatic carbocycles. The number of fused-ring (bicyclic) bond motifs is 2. The third-order valence-electron chi connectivity index (χ3n) is 9.23. The zero-order valence-electron chi connectivity index (χ0n) is 30.9. The van der Waals surface area contributed by atoms with E-state index in [0.717, 1.165) is 11.3 Å². The number of nitrogens with one attached hydrogen (secondary N) is 1. The maximum atomic E-state index is 11.6. The van der Waals surface area contributed by atoms with Gasteiger partial charge in [-0.05, 0) is 59.2 Å². The normalized spacial score (nSPS) is 11.5. The molecule has 0 spiro atoms. The lowest BCUT2D eigenvalue weighted by Crippen LogP contribution is -2.34. The molecule has 13 heteroatoms. The van der Waals surface area contributed by atoms with E-state index in [1.165, 1.54) is 18.3 Å². The topological polar surface area (TPSA) is 219 Å². The van der Waals surface area contributed by atoms with Crippen molar-refractivity contribution in [2.45, 2.75) is 39.6 Å². The van der Waals surface area contributed by atoms with Gasteiger partial charge in [-0.25, -0.2) is 9.59 Å². The van der Waals surface area contributed by atoms with Crippen LogP contribution in [0.2, 0.25) is 0 Å². The molecule has 0 bridgehead atoms. The number of nitrogens with zero attached hydrogens (tertiary/aromatic N) is 1. The molecule has 0 saturated carbocycles. The Bertz CT molecular complexity index is 2240. The van der Waals surface area contributed by atoms with Crippen molar-refractivity contribution in [2.75, 3.05) is 26.3 Å². The van der Waals surface area contributed by atoms with Crippen LogP contribution in [0.3, 0.4) is 0 Å². The Morgan fingerprint density at radius 2 is 1.30 bits per heavy atom. The van der Waals surface area contributed by atoms with Crippen LogP contribution in [0.15, 0.2) is 91.1 Å². The van der Waals surface area contributed by atoms with E-state index < -0.39 is 29.5 Å². The molecule has 0 saturated heterocycles. The molecule has 1 unspecified atom stereocenters. The SMILES string of the molecule is Cc1ccccc1OCCNCC(O)COc1c(C)ncc(CO)c1CO.O=C(O)c1cc2ccccc2c(Cc2c(O)c(C(=O)O)cc3ccccc23)c1O. The molecule has 292 valence electrons. The largest absolute Gasteiger partial charge is 0.507 e. The van der Waals surface area contributed by atoms with Gasteiger partial charge in [-0.15, -0.1) is 0 Å². The summed E-state index contributed by atoms with van der Waals surface area (Å²) in [7, 11) is 0. The van der Waals surface area contributed by atoms with Gasteiger partial charge in [-0.2, -0.15) is 0 Å². The fourth-order valence-electron chi connectivity index (χ4n) is 6.32. The number of aromatic nitrogens is 1. The van der Waals surface area contributed by atoms with E-state index in [0.29, 0.717) is 74.9 Å². The van der Waals surface area contributed by atoms with Crippen LogP contribution in [0.4, 0.5) is 0 Å². The molecule has 0 amide bonds. The molecule has 0 aliphatic rings. The maximum absolute atomic E-state index is 11.6. The fraction of sp³-hybridized carbons (Fsp3) is 0.233. The van der Waals surface area contributed by atoms with Gasteiger partial charge in [0.25, 0.3) is 0 Å². The zero-order chi connectivity index (χ0) is 40.4. The first-order valence-corrected chi connectivity index (χ1v) is 17.8. The van der Waals surface area contributed by atoms with Crippen LogP contribution >= 0.6 is 0 Å². The molecule has 8 N–H and O–H groups in total. The van der Waals surface area contributed by atoms with Gasteiger partial charge in [0.15, 0.2) is 0 Å². The Kier molecular flexibility index (Phi) is 13.8. The molecule has 13 nitrogen and oxygen atoms in total. The summed E-state index contributed by atoms with van der Waals surface area (Å²) in [5, 5.41) is 74.9. The first-order chi connectivity index (χ1) is 26.9. The Labute approximate surface area is 322 Å². The standard InChI is InChI=1S/C23H16O6.C20H28N2O5/c24-20-16(14-7-3-1-5-12(14)9-18(20)22(26)27)11-17-15-8-4-2-6-13(15)10-19(21(17)25)23(28)29;1-14-5-3-4-6-19(14)26-8-7-21-10-17(25)13-27-20-15(2)22-9-16(11-23)18(20)12-24/h1-10,24-25H,11H2,(H,26,27)(H,28,29);3-6,9,17,21,23-25H,7-8,10-13H2,1-2H3. The summed E-state index contributed by atoms with van der Waals surface area (Å²) in [4.78, 5) is 27.4. The monoisotopic (exact) mass is 764 g/mol. The van der Waals surface area contributed by atoms with Crippen LogP contribution in [-0.4, -0.2) is 85.1 Å². The summed E-state index contributed by atoms with van der Waals surface area (Å²) in [5.41, 5.74) is 2.80. The third-order valence-corrected chi connectivity index (χ3v) is 9.23. The van der Waals surface area contributed by atoms with Gasteiger partial charge in [0.2, 0.25) is 0 Å². The molecule has 1 heterocycles. The van der Waals surface area contributed by atoms with Crippen molar-refractivity contribution < 1.29 is 54.8 Å². The smallest absolute Gasteiger partial charge is 0.339 e. The highest BCUT2D eigenvalue weighted by molar-refractivity contribution is 6.02. The molecular weight excluding hydrogens is 720 g/mol. The van der Waals surface area contributed by atoms with E-state index in [4.69, 9.17) is 9.47 Å². The number of ether oxygens (including phenoxy) is 2. The number of carbonyl (C=O) groups is 2. The average molecular weight is 765 g/mol. The molecule has 6 rings (SSSR count). The minimum absolute atomic E-state index is 0.0407. The van der Waals surface area contributed by atoms with Gasteiger partial charge in [0.1, 0.15) is 53.4 Å². The van der Waals surface area contributed by atoms with Gasteiger partial charge in [-0.1, -0.05) is 66.7 Å². The Balaban J connectivity index is 0.000000215. The van der Waals surface area contributed by atoms with Crippen LogP contribution in [0.25, 0.3) is 21.5 Å². The van der Waals surface area contributed by atoms with Crippen molar-refractivity contribution in [1.29, 1.82) is 0 Å². The molecule has 0 fully saturated rings. The van der Waals surface area contributed by atoms with E-state index >= 15 is 0 Å². The van der Waals surface area contributed by atoms with E-state index in [1.54, 1.807) is 55.5 Å². The molecule has 56 heavy (non-hydrogen) atoms. The molecular formula is C43H44N2O11. The number of phenols is 2. The number of benzene rings is 5. The van der Waals surface area contributed by atoms with Gasteiger partial charge < -0.3 is 50.5 Å². The Morgan fingerprint density at radius 3 is 1.84 bits per heavy atom. The third kappa shape index (κ3) is 9.51. The van der Waals surface area contributed by atoms with Crippen LogP contribution in [0, 0.1) is 13.8 Å². The second-order valence-corrected chi connectivity index (χ2v) is 13.0. The van der Waals surface area contributed by atoms with E-state index in [9.17, 15) is 45.3 Å². The van der Waals surface area contributed by atoms with E-state index in [2.05, 4.69) is 10.3 Å². The van der Waals surface area contributed by atoms with E-state index in [1.807, 2.05) is 31.2 Å². The summed E-state index contributed by atoms with van der Waals surface area (Å²) in [5.74, 6) is -2.09. The number of aliphatic hydroxyl groups excluding tert-OH is 3. The van der Waals surface area contributed by atoms with Gasteiger partial charge in [0.05, 0.1) is 18.9 Å². The second kappa shape index (κ2) is 18.9. The van der Waals surface area contributed by atoms with Gasteiger partial charge in [0, 0.05) is 48.0 Å². The highest BCUT2D eigenvalue weighted by Crippen LogP contribution is 2.39. The number of aryl methyl sites for hydroxylation is 2. The Morgan fingerprint density at radius 1 is 0.750 bits per heavy atom. The summed E-state index contributed by atoms with van der Waals surface area (Å²) in [6.07, 6.45) is 0.744. The second-order valence-electron chi connectivity index (χ2n) is 13.0. The van der Waals surface area contributed by atoms with Crippen molar-refractivity contribution in [2.24, 2.45) is 0 Å². The molecule has 1 aromatic heterocycles. The first-order valence-electron chi connectivity index (χ1n) is 17.8. The molecule has 0 aliphatic heterocycles. The predicted octanol–water partition coefficient (Wildman–Crippen LogP) is 5.48. The number of rotatable bonds is 15. The highest BCUT2D eigenvalue weighted by Gasteiger charge is 2.23. The van der Waals surface area contributed by atoms with Gasteiger partial charge >= 0.3 is 11.9 Å². The molecule has 1 atom stereocenters. The van der Waals surface area contributed by atoms with Crippen molar-refractivity contribution in [3.8, 4) is 23.0 Å². The quantitative estimate of drug-likeness (QED) is 0.0608. The minimum Gasteiger partial charge on any atom is -0.507 e. The first kappa shape index (κ1) is 40.9. The number of aliphatic hydroxyl groups is 3. The average Bonchev–Trinajstić information content (AvgIpc) is 3.19. The molecule has 0 radical (unpaired) electrons. The Hall–Kier alpha value is -6.25. The maximum Gasteiger partial charge on any atom is 0.339 e. The summed E-state index contributed by atoms with van der Waals surface area (Å²) in [6, 6.07) is 24.6. The number of aromatic hydroxyl groups is 2. The summed E-state index contributed by atoms with van der Waals surface area (Å²) >= 11 is 0. The number of pyridine rings is 1. The van der Waals surface area contributed by atoms with E-state index in [-0.39, 0.29) is 37.4 Å². The van der Waals surface area contributed by atoms with Crippen molar-refractivity contribution in [3.05, 3.63) is 136 Å². The fourth-order valence-corrected chi connectivity index (χ4v) is 6.32. The van der Waals surface area contributed by atoms with Crippen molar-refractivity contribution in [3.63, 3.8) is 0 Å². The lowest BCUT2D eigenvalue weighted by Gasteiger charge is -2.18. The van der Waals surface area contributed by atoms with Gasteiger partial charge in [-0.3, -0.25) is 4.98 Å². The van der Waals surface area contributed by atoms with Crippen molar-refractivity contribution in [1.82, 2.24) is 10.3 Å². The van der Waals surface area contributed by atoms with Crippen LogP contribution in [0.5, 0.6) is 23.0 Å². The number of aromatic carboxylic acids is 2.